The quantitative estimate of drug-likeness (QED) is 0.510. The van der Waals surface area contributed by atoms with Crippen molar-refractivity contribution in [3.8, 4) is 0 Å². The molecule has 7 heteroatoms. The summed E-state index contributed by atoms with van der Waals surface area (Å²) >= 11 is 0. The van der Waals surface area contributed by atoms with Gasteiger partial charge in [-0.1, -0.05) is 6.92 Å². The van der Waals surface area contributed by atoms with Crippen molar-refractivity contribution < 1.29 is 13.2 Å². The maximum absolute atomic E-state index is 11.8. The maximum atomic E-state index is 11.8. The molecule has 1 rings (SSSR count). The molecule has 1 saturated heterocycles. The van der Waals surface area contributed by atoms with E-state index in [0.717, 1.165) is 71.6 Å². The van der Waals surface area contributed by atoms with E-state index in [2.05, 4.69) is 21.9 Å². The van der Waals surface area contributed by atoms with Gasteiger partial charge in [-0.25, -0.2) is 13.1 Å². The first-order valence-electron chi connectivity index (χ1n) is 8.12. The van der Waals surface area contributed by atoms with Crippen molar-refractivity contribution in [1.29, 1.82) is 0 Å². The number of unbranched alkanes of at least 4 members (excludes halogenated alkanes) is 1. The Bertz CT molecular complexity index is 343. The van der Waals surface area contributed by atoms with E-state index in [-0.39, 0.29) is 5.75 Å². The Morgan fingerprint density at radius 1 is 1.05 bits per heavy atom. The molecule has 0 amide bonds. The Labute approximate surface area is 129 Å². The molecule has 21 heavy (non-hydrogen) atoms. The van der Waals surface area contributed by atoms with Gasteiger partial charge < -0.3 is 10.1 Å². The fraction of sp³-hybridized carbons (Fsp3) is 1.00. The van der Waals surface area contributed by atoms with Crippen LogP contribution in [0.2, 0.25) is 0 Å². The van der Waals surface area contributed by atoms with E-state index in [9.17, 15) is 8.42 Å². The van der Waals surface area contributed by atoms with Gasteiger partial charge in [-0.2, -0.15) is 0 Å². The molecule has 0 saturated carbocycles. The fourth-order valence-electron chi connectivity index (χ4n) is 2.27. The van der Waals surface area contributed by atoms with Crippen molar-refractivity contribution >= 4 is 10.0 Å². The Balaban J connectivity index is 1.98. The van der Waals surface area contributed by atoms with Crippen LogP contribution in [-0.2, 0) is 14.8 Å². The number of hydrogen-bond donors (Lipinski definition) is 2. The van der Waals surface area contributed by atoms with Crippen LogP contribution in [0, 0.1) is 0 Å². The lowest BCUT2D eigenvalue weighted by Crippen LogP contribution is -2.38. The van der Waals surface area contributed by atoms with Crippen molar-refractivity contribution in [3.05, 3.63) is 0 Å². The molecule has 1 aliphatic rings. The van der Waals surface area contributed by atoms with E-state index < -0.39 is 10.0 Å². The topological polar surface area (TPSA) is 70.7 Å². The summed E-state index contributed by atoms with van der Waals surface area (Å²) in [5.41, 5.74) is 0. The largest absolute Gasteiger partial charge is 0.379 e. The van der Waals surface area contributed by atoms with E-state index in [0.29, 0.717) is 6.54 Å². The second kappa shape index (κ2) is 11.4. The monoisotopic (exact) mass is 321 g/mol. The normalized spacial score (nSPS) is 17.2. The third kappa shape index (κ3) is 10.2. The fourth-order valence-corrected chi connectivity index (χ4v) is 3.45. The van der Waals surface area contributed by atoms with Gasteiger partial charge >= 0.3 is 0 Å². The van der Waals surface area contributed by atoms with Crippen molar-refractivity contribution in [1.82, 2.24) is 14.9 Å². The molecule has 126 valence electrons. The molecular weight excluding hydrogens is 290 g/mol. The first-order valence-corrected chi connectivity index (χ1v) is 9.77. The van der Waals surface area contributed by atoms with Crippen LogP contribution in [0.25, 0.3) is 0 Å². The molecule has 1 fully saturated rings. The van der Waals surface area contributed by atoms with E-state index in [1.165, 1.54) is 0 Å². The number of sulfonamides is 1. The molecule has 0 aromatic heterocycles. The Hall–Kier alpha value is -0.210. The molecule has 1 heterocycles. The van der Waals surface area contributed by atoms with Crippen LogP contribution < -0.4 is 10.0 Å². The summed E-state index contributed by atoms with van der Waals surface area (Å²) in [5, 5.41) is 3.28. The lowest BCUT2D eigenvalue weighted by Gasteiger charge is -2.26. The summed E-state index contributed by atoms with van der Waals surface area (Å²) in [6, 6.07) is 0. The van der Waals surface area contributed by atoms with E-state index in [1.54, 1.807) is 0 Å². The van der Waals surface area contributed by atoms with Crippen LogP contribution in [0.3, 0.4) is 0 Å². The number of nitrogens with zero attached hydrogens (tertiary/aromatic N) is 1. The molecule has 0 unspecified atom stereocenters. The average molecular weight is 321 g/mol. The number of ether oxygens (including phenoxy) is 1. The zero-order valence-electron chi connectivity index (χ0n) is 13.3. The third-order valence-electron chi connectivity index (χ3n) is 3.52. The van der Waals surface area contributed by atoms with Gasteiger partial charge in [0.1, 0.15) is 0 Å². The number of rotatable bonds is 12. The zero-order chi connectivity index (χ0) is 15.4. The molecule has 0 aromatic carbocycles. The summed E-state index contributed by atoms with van der Waals surface area (Å²) in [5.74, 6) is 0.234. The van der Waals surface area contributed by atoms with Crippen LogP contribution in [0.4, 0.5) is 0 Å². The third-order valence-corrected chi connectivity index (χ3v) is 4.99. The molecule has 2 N–H and O–H groups in total. The molecule has 1 aliphatic heterocycles. The van der Waals surface area contributed by atoms with Crippen LogP contribution in [0.5, 0.6) is 0 Å². The van der Waals surface area contributed by atoms with E-state index in [4.69, 9.17) is 4.74 Å². The SMILES string of the molecule is CCCNCCCCS(=O)(=O)NCCCN1CCOCC1. The first kappa shape index (κ1) is 18.8. The number of nitrogens with one attached hydrogen (secondary N) is 2. The minimum atomic E-state index is -3.10. The molecule has 6 nitrogen and oxygen atoms in total. The van der Waals surface area contributed by atoms with Gasteiger partial charge in [0.2, 0.25) is 10.0 Å². The minimum absolute atomic E-state index is 0.234. The Kier molecular flexibility index (Phi) is 10.2. The van der Waals surface area contributed by atoms with Gasteiger partial charge in [-0.05, 0) is 45.3 Å². The van der Waals surface area contributed by atoms with E-state index >= 15 is 0 Å². The van der Waals surface area contributed by atoms with Crippen molar-refractivity contribution in [3.63, 3.8) is 0 Å². The second-order valence-corrected chi connectivity index (χ2v) is 7.40. The second-order valence-electron chi connectivity index (χ2n) is 5.48. The summed E-state index contributed by atoms with van der Waals surface area (Å²) in [7, 11) is -3.10. The Morgan fingerprint density at radius 3 is 2.52 bits per heavy atom. The summed E-state index contributed by atoms with van der Waals surface area (Å²) in [6.07, 6.45) is 3.60. The molecular formula is C14H31N3O3S. The van der Waals surface area contributed by atoms with Gasteiger partial charge in [-0.15, -0.1) is 0 Å². The van der Waals surface area contributed by atoms with Crippen LogP contribution >= 0.6 is 0 Å². The van der Waals surface area contributed by atoms with E-state index in [1.807, 2.05) is 0 Å². The predicted octanol–water partition coefficient (Wildman–Crippen LogP) is 0.408. The van der Waals surface area contributed by atoms with Crippen LogP contribution in [0.1, 0.15) is 32.6 Å². The molecule has 0 bridgehead atoms. The molecule has 0 atom stereocenters. The number of morpholine rings is 1. The maximum Gasteiger partial charge on any atom is 0.211 e. The van der Waals surface area contributed by atoms with Crippen molar-refractivity contribution in [2.75, 3.05) is 58.2 Å². The summed E-state index contributed by atoms with van der Waals surface area (Å²) in [6.45, 7) is 9.00. The standard InChI is InChI=1S/C14H31N3O3S/c1-2-6-15-7-3-4-14-21(18,19)16-8-5-9-17-10-12-20-13-11-17/h15-16H,2-14H2,1H3. The first-order chi connectivity index (χ1) is 10.1. The minimum Gasteiger partial charge on any atom is -0.379 e. The van der Waals surface area contributed by atoms with Gasteiger partial charge in [-0.3, -0.25) is 4.90 Å². The molecule has 0 spiro atoms. The summed E-state index contributed by atoms with van der Waals surface area (Å²) < 4.78 is 31.6. The predicted molar refractivity (Wildman–Crippen MR) is 86.1 cm³/mol. The molecule has 0 aromatic rings. The highest BCUT2D eigenvalue weighted by Gasteiger charge is 2.11. The van der Waals surface area contributed by atoms with Crippen molar-refractivity contribution in [2.45, 2.75) is 32.6 Å². The van der Waals surface area contributed by atoms with Crippen LogP contribution in [-0.4, -0.2) is 71.6 Å². The highest BCUT2D eigenvalue weighted by atomic mass is 32.2. The lowest BCUT2D eigenvalue weighted by atomic mass is 10.3. The van der Waals surface area contributed by atoms with Gasteiger partial charge in [0, 0.05) is 19.6 Å². The van der Waals surface area contributed by atoms with Gasteiger partial charge in [0.05, 0.1) is 19.0 Å². The van der Waals surface area contributed by atoms with Crippen molar-refractivity contribution in [2.24, 2.45) is 0 Å². The van der Waals surface area contributed by atoms with Crippen LogP contribution in [0.15, 0.2) is 0 Å². The lowest BCUT2D eigenvalue weighted by molar-refractivity contribution is 0.0376. The summed E-state index contributed by atoms with van der Waals surface area (Å²) in [4.78, 5) is 2.32. The zero-order valence-corrected chi connectivity index (χ0v) is 14.1. The molecule has 0 radical (unpaired) electrons. The smallest absolute Gasteiger partial charge is 0.211 e. The average Bonchev–Trinajstić information content (AvgIpc) is 2.48. The highest BCUT2D eigenvalue weighted by molar-refractivity contribution is 7.89. The van der Waals surface area contributed by atoms with Gasteiger partial charge in [0.15, 0.2) is 0 Å². The highest BCUT2D eigenvalue weighted by Crippen LogP contribution is 1.98. The Morgan fingerprint density at radius 2 is 1.81 bits per heavy atom. The molecule has 0 aliphatic carbocycles. The number of hydrogen-bond acceptors (Lipinski definition) is 5. The van der Waals surface area contributed by atoms with Gasteiger partial charge in [0.25, 0.3) is 0 Å².